The van der Waals surface area contributed by atoms with Crippen LogP contribution in [0.4, 0.5) is 0 Å². The lowest BCUT2D eigenvalue weighted by molar-refractivity contribution is -0.134. The van der Waals surface area contributed by atoms with Crippen LogP contribution >= 0.6 is 0 Å². The molecule has 0 saturated heterocycles. The molecule has 2 nitrogen and oxygen atoms in total. The van der Waals surface area contributed by atoms with Crippen molar-refractivity contribution >= 4 is 5.91 Å². The number of hydrogen-bond donors (Lipinski definition) is 0. The molecule has 0 spiro atoms. The predicted octanol–water partition coefficient (Wildman–Crippen LogP) is 2.88. The van der Waals surface area contributed by atoms with E-state index in [1.165, 1.54) is 5.56 Å². The molecule has 2 heteroatoms. The number of amides is 1. The molecule has 88 valence electrons. The van der Waals surface area contributed by atoms with Crippen molar-refractivity contribution in [1.29, 1.82) is 0 Å². The van der Waals surface area contributed by atoms with Crippen LogP contribution in [0.1, 0.15) is 32.8 Å². The monoisotopic (exact) mass is 219 g/mol. The van der Waals surface area contributed by atoms with E-state index in [4.69, 9.17) is 0 Å². The maximum absolute atomic E-state index is 11.7. The maximum atomic E-state index is 11.7. The molecule has 0 aliphatic rings. The Morgan fingerprint density at radius 1 is 1.25 bits per heavy atom. The van der Waals surface area contributed by atoms with Crippen LogP contribution in [0.25, 0.3) is 0 Å². The Morgan fingerprint density at radius 3 is 2.31 bits per heavy atom. The van der Waals surface area contributed by atoms with Crippen molar-refractivity contribution in [3.63, 3.8) is 0 Å². The van der Waals surface area contributed by atoms with Crippen molar-refractivity contribution in [3.8, 4) is 0 Å². The predicted molar refractivity (Wildman–Crippen MR) is 67.3 cm³/mol. The zero-order valence-electron chi connectivity index (χ0n) is 10.7. The SMILES string of the molecule is CCC(=O)N(C)C(C)(C)Cc1ccccc1. The molecule has 0 radical (unpaired) electrons. The van der Waals surface area contributed by atoms with Gasteiger partial charge in [0.15, 0.2) is 0 Å². The number of carbonyl (C=O) groups is 1. The Bertz CT molecular complexity index is 343. The second-order valence-corrected chi connectivity index (χ2v) is 4.78. The summed E-state index contributed by atoms with van der Waals surface area (Å²) in [5.74, 6) is 0.195. The molecule has 0 bridgehead atoms. The summed E-state index contributed by atoms with van der Waals surface area (Å²) < 4.78 is 0. The van der Waals surface area contributed by atoms with Gasteiger partial charge in [-0.25, -0.2) is 0 Å². The smallest absolute Gasteiger partial charge is 0.222 e. The summed E-state index contributed by atoms with van der Waals surface area (Å²) in [6, 6.07) is 10.3. The van der Waals surface area contributed by atoms with E-state index < -0.39 is 0 Å². The molecule has 0 N–H and O–H groups in total. The van der Waals surface area contributed by atoms with Gasteiger partial charge in [-0.1, -0.05) is 37.3 Å². The number of hydrogen-bond acceptors (Lipinski definition) is 1. The third-order valence-electron chi connectivity index (χ3n) is 3.06. The number of rotatable bonds is 4. The fraction of sp³-hybridized carbons (Fsp3) is 0.500. The normalized spacial score (nSPS) is 11.2. The van der Waals surface area contributed by atoms with Gasteiger partial charge < -0.3 is 4.90 Å². The molecule has 1 amide bonds. The number of nitrogens with zero attached hydrogens (tertiary/aromatic N) is 1. The highest BCUT2D eigenvalue weighted by molar-refractivity contribution is 5.76. The van der Waals surface area contributed by atoms with Gasteiger partial charge in [0.25, 0.3) is 0 Å². The van der Waals surface area contributed by atoms with E-state index in [1.54, 1.807) is 0 Å². The summed E-state index contributed by atoms with van der Waals surface area (Å²) in [5, 5.41) is 0. The van der Waals surface area contributed by atoms with Gasteiger partial charge in [-0.15, -0.1) is 0 Å². The Kier molecular flexibility index (Phi) is 4.11. The first-order valence-electron chi connectivity index (χ1n) is 5.78. The van der Waals surface area contributed by atoms with Crippen LogP contribution in [-0.4, -0.2) is 23.4 Å². The summed E-state index contributed by atoms with van der Waals surface area (Å²) >= 11 is 0. The standard InChI is InChI=1S/C14H21NO/c1-5-13(16)15(4)14(2,3)11-12-9-7-6-8-10-12/h6-10H,5,11H2,1-4H3. The molecule has 0 atom stereocenters. The largest absolute Gasteiger partial charge is 0.340 e. The lowest BCUT2D eigenvalue weighted by Gasteiger charge is -2.36. The molecule has 1 aromatic rings. The molecule has 0 heterocycles. The molecule has 0 unspecified atom stereocenters. The minimum Gasteiger partial charge on any atom is -0.340 e. The molecule has 0 saturated carbocycles. The summed E-state index contributed by atoms with van der Waals surface area (Å²) in [4.78, 5) is 13.5. The zero-order chi connectivity index (χ0) is 12.2. The highest BCUT2D eigenvalue weighted by Crippen LogP contribution is 2.19. The minimum atomic E-state index is -0.131. The Morgan fingerprint density at radius 2 is 1.81 bits per heavy atom. The van der Waals surface area contributed by atoms with Crippen LogP contribution in [-0.2, 0) is 11.2 Å². The molecule has 16 heavy (non-hydrogen) atoms. The quantitative estimate of drug-likeness (QED) is 0.762. The lowest BCUT2D eigenvalue weighted by Crippen LogP contribution is -2.46. The fourth-order valence-corrected chi connectivity index (χ4v) is 1.79. The topological polar surface area (TPSA) is 20.3 Å². The first kappa shape index (κ1) is 12.8. The molecule has 0 aliphatic heterocycles. The summed E-state index contributed by atoms with van der Waals surface area (Å²) in [5.41, 5.74) is 1.14. The van der Waals surface area contributed by atoms with Crippen molar-refractivity contribution < 1.29 is 4.79 Å². The van der Waals surface area contributed by atoms with Crippen molar-refractivity contribution in [1.82, 2.24) is 4.90 Å². The van der Waals surface area contributed by atoms with Gasteiger partial charge in [0, 0.05) is 19.0 Å². The third-order valence-corrected chi connectivity index (χ3v) is 3.06. The van der Waals surface area contributed by atoms with Crippen molar-refractivity contribution in [2.24, 2.45) is 0 Å². The van der Waals surface area contributed by atoms with E-state index in [0.717, 1.165) is 6.42 Å². The summed E-state index contributed by atoms with van der Waals surface area (Å²) in [6.45, 7) is 6.11. The van der Waals surface area contributed by atoms with Gasteiger partial charge >= 0.3 is 0 Å². The van der Waals surface area contributed by atoms with E-state index in [-0.39, 0.29) is 11.4 Å². The van der Waals surface area contributed by atoms with Crippen LogP contribution in [0.15, 0.2) is 30.3 Å². The zero-order valence-corrected chi connectivity index (χ0v) is 10.7. The summed E-state index contributed by atoms with van der Waals surface area (Å²) in [6.07, 6.45) is 1.45. The van der Waals surface area contributed by atoms with Crippen LogP contribution < -0.4 is 0 Å². The molecule has 0 fully saturated rings. The van der Waals surface area contributed by atoms with Gasteiger partial charge in [0.1, 0.15) is 0 Å². The first-order valence-corrected chi connectivity index (χ1v) is 5.78. The minimum absolute atomic E-state index is 0.131. The van der Waals surface area contributed by atoms with E-state index in [2.05, 4.69) is 26.0 Å². The Balaban J connectivity index is 2.75. The van der Waals surface area contributed by atoms with Gasteiger partial charge in [0.2, 0.25) is 5.91 Å². The van der Waals surface area contributed by atoms with Crippen LogP contribution in [0.3, 0.4) is 0 Å². The second-order valence-electron chi connectivity index (χ2n) is 4.78. The van der Waals surface area contributed by atoms with E-state index in [1.807, 2.05) is 37.1 Å². The lowest BCUT2D eigenvalue weighted by atomic mass is 9.93. The number of carbonyl (C=O) groups excluding carboxylic acids is 1. The molecule has 1 rings (SSSR count). The summed E-state index contributed by atoms with van der Waals surface area (Å²) in [7, 11) is 1.88. The average molecular weight is 219 g/mol. The van der Waals surface area contributed by atoms with Gasteiger partial charge in [0.05, 0.1) is 0 Å². The molecule has 0 aromatic heterocycles. The molecular weight excluding hydrogens is 198 g/mol. The van der Waals surface area contributed by atoms with Gasteiger partial charge in [-0.05, 0) is 25.8 Å². The highest BCUT2D eigenvalue weighted by atomic mass is 16.2. The maximum Gasteiger partial charge on any atom is 0.222 e. The van der Waals surface area contributed by atoms with Crippen molar-refractivity contribution in [2.75, 3.05) is 7.05 Å². The second kappa shape index (κ2) is 5.15. The van der Waals surface area contributed by atoms with Gasteiger partial charge in [-0.2, -0.15) is 0 Å². The Hall–Kier alpha value is -1.31. The fourth-order valence-electron chi connectivity index (χ4n) is 1.79. The van der Waals surface area contributed by atoms with Crippen LogP contribution in [0.2, 0.25) is 0 Å². The first-order chi connectivity index (χ1) is 7.47. The molecule has 0 aliphatic carbocycles. The molecule has 1 aromatic carbocycles. The van der Waals surface area contributed by atoms with E-state index in [9.17, 15) is 4.79 Å². The average Bonchev–Trinajstić information content (AvgIpc) is 2.27. The number of benzene rings is 1. The van der Waals surface area contributed by atoms with Crippen molar-refractivity contribution in [3.05, 3.63) is 35.9 Å². The van der Waals surface area contributed by atoms with Crippen molar-refractivity contribution in [2.45, 2.75) is 39.2 Å². The van der Waals surface area contributed by atoms with E-state index in [0.29, 0.717) is 6.42 Å². The van der Waals surface area contributed by atoms with E-state index >= 15 is 0 Å². The molecular formula is C14H21NO. The highest BCUT2D eigenvalue weighted by Gasteiger charge is 2.26. The Labute approximate surface area is 98.3 Å². The third kappa shape index (κ3) is 3.09. The van der Waals surface area contributed by atoms with Gasteiger partial charge in [-0.3, -0.25) is 4.79 Å². The number of likely N-dealkylation sites (N-methyl/N-ethyl adjacent to an activating group) is 1. The van der Waals surface area contributed by atoms with Crippen LogP contribution in [0.5, 0.6) is 0 Å². The van der Waals surface area contributed by atoms with Crippen LogP contribution in [0, 0.1) is 0 Å².